The molecule has 1 N–H and O–H groups in total. The van der Waals surface area contributed by atoms with Crippen LogP contribution in [0.3, 0.4) is 0 Å². The van der Waals surface area contributed by atoms with Gasteiger partial charge in [-0.3, -0.25) is 0 Å². The van der Waals surface area contributed by atoms with Crippen molar-refractivity contribution in [1.82, 2.24) is 4.98 Å². The third kappa shape index (κ3) is 4.16. The number of methoxy groups -OCH3 is 2. The van der Waals surface area contributed by atoms with Crippen molar-refractivity contribution in [2.45, 2.75) is 6.18 Å². The van der Waals surface area contributed by atoms with Crippen molar-refractivity contribution in [1.29, 1.82) is 0 Å². The summed E-state index contributed by atoms with van der Waals surface area (Å²) in [5.74, 6) is -0.532. The molecule has 5 nitrogen and oxygen atoms in total. The van der Waals surface area contributed by atoms with Crippen molar-refractivity contribution in [2.24, 2.45) is 0 Å². The van der Waals surface area contributed by atoms with Crippen LogP contribution in [0, 0.1) is 0 Å². The van der Waals surface area contributed by atoms with Crippen LogP contribution in [0.25, 0.3) is 22.4 Å². The van der Waals surface area contributed by atoms with Crippen LogP contribution in [0.1, 0.15) is 16.1 Å². The maximum Gasteiger partial charge on any atom is 0.433 e. The van der Waals surface area contributed by atoms with E-state index < -0.39 is 17.8 Å². The number of halogens is 3. The molecule has 0 atom stereocenters. The zero-order valence-electron chi connectivity index (χ0n) is 15.4. The first-order valence-corrected chi connectivity index (χ1v) is 8.39. The van der Waals surface area contributed by atoms with Gasteiger partial charge in [-0.25, -0.2) is 9.78 Å². The predicted octanol–water partition coefficient (Wildman–Crippen LogP) is 5.15. The minimum Gasteiger partial charge on any atom is -0.497 e. The highest BCUT2D eigenvalue weighted by Crippen LogP contribution is 2.38. The molecule has 0 aliphatic heterocycles. The van der Waals surface area contributed by atoms with Crippen LogP contribution in [-0.2, 0) is 6.18 Å². The van der Waals surface area contributed by atoms with E-state index in [1.165, 1.54) is 50.6 Å². The number of aromatic nitrogens is 1. The number of alkyl halides is 3. The van der Waals surface area contributed by atoms with Gasteiger partial charge >= 0.3 is 12.1 Å². The monoisotopic (exact) mass is 403 g/mol. The molecule has 1 heterocycles. The van der Waals surface area contributed by atoms with Crippen LogP contribution in [-0.4, -0.2) is 30.3 Å². The molecule has 150 valence electrons. The number of carboxylic acid groups (broad SMARTS) is 1. The number of pyridine rings is 1. The topological polar surface area (TPSA) is 68.7 Å². The fourth-order valence-electron chi connectivity index (χ4n) is 2.88. The van der Waals surface area contributed by atoms with Gasteiger partial charge in [-0.2, -0.15) is 13.2 Å². The minimum atomic E-state index is -4.76. The van der Waals surface area contributed by atoms with E-state index in [-0.39, 0.29) is 27.9 Å². The van der Waals surface area contributed by atoms with Crippen LogP contribution in [0.4, 0.5) is 13.2 Å². The Morgan fingerprint density at radius 2 is 1.59 bits per heavy atom. The van der Waals surface area contributed by atoms with E-state index in [2.05, 4.69) is 4.98 Å². The summed E-state index contributed by atoms with van der Waals surface area (Å²) < 4.78 is 50.7. The number of rotatable bonds is 5. The van der Waals surface area contributed by atoms with Gasteiger partial charge < -0.3 is 14.6 Å². The number of hydrogen-bond acceptors (Lipinski definition) is 4. The van der Waals surface area contributed by atoms with E-state index in [4.69, 9.17) is 9.47 Å². The standard InChI is InChI=1S/C21H16F3NO4/c1-28-14-8-6-12(7-9-14)19-18(20(26)27)16(11-17(25-19)21(22,23)24)13-4-3-5-15(10-13)29-2/h3-11H,1-2H3,(H,26,27). The number of hydrogen-bond donors (Lipinski definition) is 1. The Bertz CT molecular complexity index is 1050. The van der Waals surface area contributed by atoms with Gasteiger partial charge in [0.2, 0.25) is 0 Å². The van der Waals surface area contributed by atoms with E-state index in [0.717, 1.165) is 6.07 Å². The van der Waals surface area contributed by atoms with Crippen molar-refractivity contribution in [3.05, 3.63) is 65.9 Å². The summed E-state index contributed by atoms with van der Waals surface area (Å²) in [6.07, 6.45) is -4.76. The van der Waals surface area contributed by atoms with Crippen molar-refractivity contribution in [2.75, 3.05) is 14.2 Å². The van der Waals surface area contributed by atoms with Gasteiger partial charge in [0.1, 0.15) is 17.2 Å². The van der Waals surface area contributed by atoms with Gasteiger partial charge in [0, 0.05) is 11.1 Å². The Balaban J connectivity index is 2.35. The lowest BCUT2D eigenvalue weighted by atomic mass is 9.94. The lowest BCUT2D eigenvalue weighted by Gasteiger charge is -2.16. The molecule has 8 heteroatoms. The van der Waals surface area contributed by atoms with Gasteiger partial charge in [0.05, 0.1) is 25.5 Å². The van der Waals surface area contributed by atoms with E-state index in [0.29, 0.717) is 11.5 Å². The van der Waals surface area contributed by atoms with Gasteiger partial charge in [0.25, 0.3) is 0 Å². The van der Waals surface area contributed by atoms with E-state index in [9.17, 15) is 23.1 Å². The Labute approximate surface area is 164 Å². The smallest absolute Gasteiger partial charge is 0.433 e. The summed E-state index contributed by atoms with van der Waals surface area (Å²) in [6.45, 7) is 0. The first kappa shape index (κ1) is 20.2. The SMILES string of the molecule is COc1ccc(-c2nc(C(F)(F)F)cc(-c3cccc(OC)c3)c2C(=O)O)cc1. The molecule has 1 aromatic heterocycles. The Morgan fingerprint density at radius 3 is 2.14 bits per heavy atom. The highest BCUT2D eigenvalue weighted by atomic mass is 19.4. The van der Waals surface area contributed by atoms with Crippen LogP contribution in [0.5, 0.6) is 11.5 Å². The molecule has 3 rings (SSSR count). The molecule has 0 spiro atoms. The fraction of sp³-hybridized carbons (Fsp3) is 0.143. The van der Waals surface area contributed by atoms with Crippen LogP contribution < -0.4 is 9.47 Å². The lowest BCUT2D eigenvalue weighted by molar-refractivity contribution is -0.141. The highest BCUT2D eigenvalue weighted by molar-refractivity contribution is 6.02. The predicted molar refractivity (Wildman–Crippen MR) is 100 cm³/mol. The summed E-state index contributed by atoms with van der Waals surface area (Å²) in [5, 5.41) is 9.81. The number of nitrogens with zero attached hydrogens (tertiary/aromatic N) is 1. The second-order valence-electron chi connectivity index (χ2n) is 6.04. The molecule has 0 aliphatic carbocycles. The summed E-state index contributed by atoms with van der Waals surface area (Å²) in [7, 11) is 2.86. The average molecular weight is 403 g/mol. The molecule has 0 saturated carbocycles. The third-order valence-corrected chi connectivity index (χ3v) is 4.27. The number of aromatic carboxylic acids is 1. The largest absolute Gasteiger partial charge is 0.497 e. The fourth-order valence-corrected chi connectivity index (χ4v) is 2.88. The summed E-state index contributed by atoms with van der Waals surface area (Å²) in [5.41, 5.74) is -1.43. The second kappa shape index (κ2) is 7.83. The van der Waals surface area contributed by atoms with Crippen LogP contribution in [0.2, 0.25) is 0 Å². The van der Waals surface area contributed by atoms with Gasteiger partial charge in [-0.1, -0.05) is 12.1 Å². The Kier molecular flexibility index (Phi) is 5.45. The molecule has 0 aliphatic rings. The van der Waals surface area contributed by atoms with Crippen molar-refractivity contribution in [3.63, 3.8) is 0 Å². The van der Waals surface area contributed by atoms with Crippen molar-refractivity contribution >= 4 is 5.97 Å². The van der Waals surface area contributed by atoms with Gasteiger partial charge in [0.15, 0.2) is 0 Å². The molecular weight excluding hydrogens is 387 g/mol. The maximum atomic E-state index is 13.5. The first-order chi connectivity index (χ1) is 13.7. The summed E-state index contributed by atoms with van der Waals surface area (Å²) in [6, 6.07) is 12.9. The van der Waals surface area contributed by atoms with Crippen LogP contribution >= 0.6 is 0 Å². The average Bonchev–Trinajstić information content (AvgIpc) is 2.72. The quantitative estimate of drug-likeness (QED) is 0.638. The molecule has 3 aromatic rings. The van der Waals surface area contributed by atoms with Gasteiger partial charge in [-0.05, 0) is 48.0 Å². The second-order valence-corrected chi connectivity index (χ2v) is 6.04. The minimum absolute atomic E-state index is 0.107. The van der Waals surface area contributed by atoms with E-state index in [1.807, 2.05) is 0 Å². The maximum absolute atomic E-state index is 13.5. The first-order valence-electron chi connectivity index (χ1n) is 8.39. The van der Waals surface area contributed by atoms with Crippen molar-refractivity contribution in [3.8, 4) is 33.9 Å². The van der Waals surface area contributed by atoms with Crippen LogP contribution in [0.15, 0.2) is 54.6 Å². The van der Waals surface area contributed by atoms with Gasteiger partial charge in [-0.15, -0.1) is 0 Å². The lowest BCUT2D eigenvalue weighted by Crippen LogP contribution is -2.13. The molecule has 0 fully saturated rings. The highest BCUT2D eigenvalue weighted by Gasteiger charge is 2.35. The third-order valence-electron chi connectivity index (χ3n) is 4.27. The molecule has 0 unspecified atom stereocenters. The molecule has 2 aromatic carbocycles. The molecular formula is C21H16F3NO4. The number of ether oxygens (including phenoxy) is 2. The zero-order chi connectivity index (χ0) is 21.2. The van der Waals surface area contributed by atoms with Crippen molar-refractivity contribution < 1.29 is 32.5 Å². The summed E-state index contributed by atoms with van der Waals surface area (Å²) in [4.78, 5) is 15.7. The van der Waals surface area contributed by atoms with E-state index in [1.54, 1.807) is 12.1 Å². The number of benzene rings is 2. The number of carboxylic acids is 1. The Morgan fingerprint density at radius 1 is 0.931 bits per heavy atom. The Hall–Kier alpha value is -3.55. The molecule has 0 saturated heterocycles. The summed E-state index contributed by atoms with van der Waals surface area (Å²) >= 11 is 0. The molecule has 0 bridgehead atoms. The molecule has 0 radical (unpaired) electrons. The zero-order valence-corrected chi connectivity index (χ0v) is 15.4. The normalized spacial score (nSPS) is 11.2. The van der Waals surface area contributed by atoms with E-state index >= 15 is 0 Å². The molecule has 29 heavy (non-hydrogen) atoms. The molecule has 0 amide bonds. The number of carbonyl (C=O) groups is 1.